The van der Waals surface area contributed by atoms with Crippen molar-refractivity contribution in [3.63, 3.8) is 0 Å². The molecule has 0 spiro atoms. The van der Waals surface area contributed by atoms with Gasteiger partial charge in [-0.3, -0.25) is 0 Å². The number of amides is 1. The molecule has 19 heavy (non-hydrogen) atoms. The quantitative estimate of drug-likeness (QED) is 0.858. The SMILES string of the molecule is O=C(O)NC1CCOc2cc(C3=CCCO3)ccc21. The van der Waals surface area contributed by atoms with Gasteiger partial charge in [-0.2, -0.15) is 0 Å². The highest BCUT2D eigenvalue weighted by Gasteiger charge is 2.24. The maximum atomic E-state index is 10.8. The molecule has 1 atom stereocenters. The van der Waals surface area contributed by atoms with Gasteiger partial charge < -0.3 is 19.9 Å². The lowest BCUT2D eigenvalue weighted by atomic mass is 9.98. The summed E-state index contributed by atoms with van der Waals surface area (Å²) in [5, 5.41) is 11.4. The molecule has 0 aliphatic carbocycles. The number of fused-ring (bicyclic) bond motifs is 1. The minimum atomic E-state index is -1.01. The second-order valence-corrected chi connectivity index (χ2v) is 4.60. The molecule has 100 valence electrons. The molecule has 0 radical (unpaired) electrons. The Morgan fingerprint density at radius 3 is 2.95 bits per heavy atom. The summed E-state index contributed by atoms with van der Waals surface area (Å²) >= 11 is 0. The summed E-state index contributed by atoms with van der Waals surface area (Å²) in [4.78, 5) is 10.8. The molecule has 0 saturated carbocycles. The van der Waals surface area contributed by atoms with Crippen molar-refractivity contribution in [2.75, 3.05) is 13.2 Å². The molecule has 5 heteroatoms. The Morgan fingerprint density at radius 2 is 2.21 bits per heavy atom. The highest BCUT2D eigenvalue weighted by Crippen LogP contribution is 2.35. The second kappa shape index (κ2) is 4.84. The Labute approximate surface area is 110 Å². The summed E-state index contributed by atoms with van der Waals surface area (Å²) in [5.74, 6) is 1.61. The average Bonchev–Trinajstić information content (AvgIpc) is 2.91. The van der Waals surface area contributed by atoms with Crippen molar-refractivity contribution < 1.29 is 19.4 Å². The molecule has 0 saturated heterocycles. The first-order chi connectivity index (χ1) is 9.24. The summed E-state index contributed by atoms with van der Waals surface area (Å²) in [5.41, 5.74) is 1.86. The third-order valence-electron chi connectivity index (χ3n) is 3.34. The van der Waals surface area contributed by atoms with Gasteiger partial charge in [0.15, 0.2) is 0 Å². The van der Waals surface area contributed by atoms with Crippen LogP contribution in [0.5, 0.6) is 5.75 Å². The van der Waals surface area contributed by atoms with Crippen LogP contribution in [0.25, 0.3) is 5.76 Å². The first-order valence-electron chi connectivity index (χ1n) is 6.33. The Morgan fingerprint density at radius 1 is 1.32 bits per heavy atom. The predicted molar refractivity (Wildman–Crippen MR) is 69.0 cm³/mol. The van der Waals surface area contributed by atoms with E-state index in [2.05, 4.69) is 11.4 Å². The molecule has 0 bridgehead atoms. The molecule has 2 N–H and O–H groups in total. The molecule has 1 amide bonds. The molecule has 1 aromatic carbocycles. The van der Waals surface area contributed by atoms with E-state index in [1.165, 1.54) is 0 Å². The molecule has 1 aromatic rings. The van der Waals surface area contributed by atoms with Gasteiger partial charge in [-0.15, -0.1) is 0 Å². The van der Waals surface area contributed by atoms with Gasteiger partial charge in [-0.1, -0.05) is 12.1 Å². The molecular formula is C14H15NO4. The van der Waals surface area contributed by atoms with E-state index in [1.807, 2.05) is 18.2 Å². The Hall–Kier alpha value is -2.17. The van der Waals surface area contributed by atoms with Gasteiger partial charge in [-0.05, 0) is 12.1 Å². The number of carbonyl (C=O) groups is 1. The van der Waals surface area contributed by atoms with Crippen LogP contribution in [0.1, 0.15) is 30.0 Å². The van der Waals surface area contributed by atoms with Crippen molar-refractivity contribution in [3.8, 4) is 5.75 Å². The van der Waals surface area contributed by atoms with Gasteiger partial charge in [0, 0.05) is 24.0 Å². The van der Waals surface area contributed by atoms with Crippen LogP contribution in [0.3, 0.4) is 0 Å². The van der Waals surface area contributed by atoms with E-state index in [4.69, 9.17) is 14.6 Å². The summed E-state index contributed by atoms with van der Waals surface area (Å²) in [6.45, 7) is 1.23. The first kappa shape index (κ1) is 11.9. The van der Waals surface area contributed by atoms with Gasteiger partial charge in [0.05, 0.1) is 19.3 Å². The molecule has 5 nitrogen and oxygen atoms in total. The number of carboxylic acid groups (broad SMARTS) is 1. The summed E-state index contributed by atoms with van der Waals surface area (Å²) < 4.78 is 11.1. The first-order valence-corrected chi connectivity index (χ1v) is 6.33. The fraction of sp³-hybridized carbons (Fsp3) is 0.357. The minimum Gasteiger partial charge on any atom is -0.493 e. The maximum Gasteiger partial charge on any atom is 0.405 e. The van der Waals surface area contributed by atoms with Crippen LogP contribution >= 0.6 is 0 Å². The van der Waals surface area contributed by atoms with Gasteiger partial charge in [0.25, 0.3) is 0 Å². The zero-order chi connectivity index (χ0) is 13.2. The number of ether oxygens (including phenoxy) is 2. The lowest BCUT2D eigenvalue weighted by Gasteiger charge is -2.26. The van der Waals surface area contributed by atoms with Crippen LogP contribution in [0.15, 0.2) is 24.3 Å². The van der Waals surface area contributed by atoms with Crippen LogP contribution < -0.4 is 10.1 Å². The zero-order valence-corrected chi connectivity index (χ0v) is 10.4. The highest BCUT2D eigenvalue weighted by atomic mass is 16.5. The minimum absolute atomic E-state index is 0.200. The van der Waals surface area contributed by atoms with Gasteiger partial charge >= 0.3 is 6.09 Å². The fourth-order valence-electron chi connectivity index (χ4n) is 2.46. The summed E-state index contributed by atoms with van der Waals surface area (Å²) in [6.07, 6.45) is 2.62. The number of nitrogens with one attached hydrogen (secondary N) is 1. The molecule has 2 aliphatic heterocycles. The molecule has 1 unspecified atom stereocenters. The van der Waals surface area contributed by atoms with Crippen LogP contribution in [0.4, 0.5) is 4.79 Å². The van der Waals surface area contributed by atoms with E-state index >= 15 is 0 Å². The normalized spacial score (nSPS) is 20.8. The number of rotatable bonds is 2. The van der Waals surface area contributed by atoms with E-state index in [0.29, 0.717) is 13.0 Å². The van der Waals surface area contributed by atoms with Crippen molar-refractivity contribution in [3.05, 3.63) is 35.4 Å². The maximum absolute atomic E-state index is 10.8. The molecule has 2 heterocycles. The van der Waals surface area contributed by atoms with E-state index < -0.39 is 6.09 Å². The molecule has 2 aliphatic rings. The number of hydrogen-bond acceptors (Lipinski definition) is 3. The van der Waals surface area contributed by atoms with Crippen LogP contribution in [-0.2, 0) is 4.74 Å². The summed E-state index contributed by atoms with van der Waals surface area (Å²) in [7, 11) is 0. The number of hydrogen-bond donors (Lipinski definition) is 2. The monoisotopic (exact) mass is 261 g/mol. The Balaban J connectivity index is 1.90. The zero-order valence-electron chi connectivity index (χ0n) is 10.4. The summed E-state index contributed by atoms with van der Waals surface area (Å²) in [6, 6.07) is 5.57. The fourth-order valence-corrected chi connectivity index (χ4v) is 2.46. The van der Waals surface area contributed by atoms with Crippen molar-refractivity contribution in [1.82, 2.24) is 5.32 Å². The average molecular weight is 261 g/mol. The van der Waals surface area contributed by atoms with E-state index in [1.54, 1.807) is 0 Å². The van der Waals surface area contributed by atoms with E-state index in [9.17, 15) is 4.79 Å². The second-order valence-electron chi connectivity index (χ2n) is 4.60. The van der Waals surface area contributed by atoms with Crippen LogP contribution in [0.2, 0.25) is 0 Å². The van der Waals surface area contributed by atoms with Crippen LogP contribution in [0, 0.1) is 0 Å². The molecule has 3 rings (SSSR count). The largest absolute Gasteiger partial charge is 0.493 e. The lowest BCUT2D eigenvalue weighted by Crippen LogP contribution is -2.30. The Bertz CT molecular complexity index is 538. The topological polar surface area (TPSA) is 67.8 Å². The van der Waals surface area contributed by atoms with E-state index in [0.717, 1.165) is 35.7 Å². The predicted octanol–water partition coefficient (Wildman–Crippen LogP) is 2.54. The van der Waals surface area contributed by atoms with Crippen molar-refractivity contribution in [2.45, 2.75) is 18.9 Å². The Kier molecular flexibility index (Phi) is 3.03. The molecular weight excluding hydrogens is 246 g/mol. The van der Waals surface area contributed by atoms with Crippen molar-refractivity contribution >= 4 is 11.9 Å². The number of benzene rings is 1. The standard InChI is InChI=1S/C14H15NO4/c16-14(17)15-11-5-7-19-13-8-9(3-4-10(11)13)12-2-1-6-18-12/h2-4,8,11,15H,1,5-7H2,(H,16,17). The van der Waals surface area contributed by atoms with Crippen molar-refractivity contribution in [1.29, 1.82) is 0 Å². The van der Waals surface area contributed by atoms with Gasteiger partial charge in [-0.25, -0.2) is 4.79 Å². The highest BCUT2D eigenvalue weighted by molar-refractivity contribution is 5.67. The third kappa shape index (κ3) is 2.36. The van der Waals surface area contributed by atoms with E-state index in [-0.39, 0.29) is 6.04 Å². The van der Waals surface area contributed by atoms with Crippen molar-refractivity contribution in [2.24, 2.45) is 0 Å². The third-order valence-corrected chi connectivity index (χ3v) is 3.34. The molecule has 0 aromatic heterocycles. The molecule has 0 fully saturated rings. The van der Waals surface area contributed by atoms with Gasteiger partial charge in [0.2, 0.25) is 0 Å². The van der Waals surface area contributed by atoms with Crippen LogP contribution in [-0.4, -0.2) is 24.4 Å². The lowest BCUT2D eigenvalue weighted by molar-refractivity contribution is 0.182. The smallest absolute Gasteiger partial charge is 0.405 e. The van der Waals surface area contributed by atoms with Gasteiger partial charge in [0.1, 0.15) is 11.5 Å².